The van der Waals surface area contributed by atoms with Crippen molar-refractivity contribution < 1.29 is 0 Å². The number of hydrogen-bond acceptors (Lipinski definition) is 4. The van der Waals surface area contributed by atoms with E-state index in [9.17, 15) is 0 Å². The zero-order valence-corrected chi connectivity index (χ0v) is 11.5. The van der Waals surface area contributed by atoms with Gasteiger partial charge in [-0.25, -0.2) is 4.98 Å². The van der Waals surface area contributed by atoms with Gasteiger partial charge < -0.3 is 11.1 Å². The fourth-order valence-electron chi connectivity index (χ4n) is 4.77. The summed E-state index contributed by atoms with van der Waals surface area (Å²) in [5.41, 5.74) is 6.65. The third-order valence-electron chi connectivity index (χ3n) is 5.28. The van der Waals surface area contributed by atoms with Crippen molar-refractivity contribution in [2.75, 3.05) is 5.32 Å². The average molecular weight is 263 g/mol. The molecule has 4 saturated carbocycles. The molecule has 0 amide bonds. The Kier molecular flexibility index (Phi) is 2.62. The van der Waals surface area contributed by atoms with Gasteiger partial charge in [-0.05, 0) is 55.8 Å². The van der Waals surface area contributed by atoms with Gasteiger partial charge in [-0.2, -0.15) is 0 Å². The Balaban J connectivity index is 1.51. The van der Waals surface area contributed by atoms with Crippen LogP contribution in [0.1, 0.15) is 37.8 Å². The fraction of sp³-hybridized carbons (Fsp3) is 0.786. The number of thiazole rings is 1. The summed E-state index contributed by atoms with van der Waals surface area (Å²) in [5, 5.41) is 6.90. The summed E-state index contributed by atoms with van der Waals surface area (Å²) in [6, 6.07) is 0.689. The van der Waals surface area contributed by atoms with E-state index in [2.05, 4.69) is 15.7 Å². The topological polar surface area (TPSA) is 50.9 Å². The monoisotopic (exact) mass is 263 g/mol. The largest absolute Gasteiger partial charge is 0.358 e. The van der Waals surface area contributed by atoms with Gasteiger partial charge in [-0.1, -0.05) is 0 Å². The minimum atomic E-state index is 0.555. The first kappa shape index (κ1) is 11.2. The second-order valence-electron chi connectivity index (χ2n) is 6.45. The number of nitrogens with two attached hydrogens (primary N) is 1. The van der Waals surface area contributed by atoms with Crippen LogP contribution in [0.15, 0.2) is 5.38 Å². The Hall–Kier alpha value is -0.610. The molecule has 5 rings (SSSR count). The smallest absolute Gasteiger partial charge is 0.183 e. The molecular formula is C14H21N3S. The maximum atomic E-state index is 5.63. The van der Waals surface area contributed by atoms with Crippen LogP contribution >= 0.6 is 11.3 Å². The second-order valence-corrected chi connectivity index (χ2v) is 7.31. The number of nitrogens with one attached hydrogen (secondary N) is 1. The van der Waals surface area contributed by atoms with Crippen LogP contribution < -0.4 is 11.1 Å². The van der Waals surface area contributed by atoms with E-state index in [4.69, 9.17) is 5.73 Å². The predicted octanol–water partition coefficient (Wildman–Crippen LogP) is 2.84. The van der Waals surface area contributed by atoms with Crippen LogP contribution in [0, 0.1) is 23.7 Å². The van der Waals surface area contributed by atoms with Gasteiger partial charge in [-0.15, -0.1) is 11.3 Å². The first-order valence-corrected chi connectivity index (χ1v) is 8.10. The molecule has 1 aromatic heterocycles. The number of aromatic nitrogens is 1. The van der Waals surface area contributed by atoms with Crippen LogP contribution in [-0.4, -0.2) is 11.0 Å². The lowest BCUT2D eigenvalue weighted by Crippen LogP contribution is -2.51. The molecule has 4 bridgehead atoms. The summed E-state index contributed by atoms with van der Waals surface area (Å²) < 4.78 is 0. The van der Waals surface area contributed by atoms with Gasteiger partial charge in [0, 0.05) is 18.0 Å². The Labute approximate surface area is 112 Å². The van der Waals surface area contributed by atoms with E-state index in [-0.39, 0.29) is 0 Å². The lowest BCUT2D eigenvalue weighted by molar-refractivity contribution is 0.00753. The van der Waals surface area contributed by atoms with E-state index >= 15 is 0 Å². The van der Waals surface area contributed by atoms with Gasteiger partial charge in [0.05, 0.1) is 5.69 Å². The van der Waals surface area contributed by atoms with Gasteiger partial charge in [0.15, 0.2) is 5.13 Å². The fourth-order valence-corrected chi connectivity index (χ4v) is 5.54. The van der Waals surface area contributed by atoms with Crippen LogP contribution in [0.25, 0.3) is 0 Å². The Morgan fingerprint density at radius 3 is 2.39 bits per heavy atom. The van der Waals surface area contributed by atoms with Crippen molar-refractivity contribution >= 4 is 16.5 Å². The highest BCUT2D eigenvalue weighted by molar-refractivity contribution is 7.13. The molecule has 0 aromatic carbocycles. The molecule has 4 heteroatoms. The Bertz CT molecular complexity index is 414. The molecule has 4 aliphatic rings. The molecule has 0 aliphatic heterocycles. The van der Waals surface area contributed by atoms with Crippen molar-refractivity contribution in [2.24, 2.45) is 29.4 Å². The van der Waals surface area contributed by atoms with E-state index < -0.39 is 0 Å². The van der Waals surface area contributed by atoms with Gasteiger partial charge in [0.25, 0.3) is 0 Å². The first-order valence-electron chi connectivity index (χ1n) is 7.23. The van der Waals surface area contributed by atoms with Crippen LogP contribution in [0.4, 0.5) is 5.13 Å². The molecule has 0 spiro atoms. The lowest BCUT2D eigenvalue weighted by atomic mass is 9.54. The molecule has 3 N–H and O–H groups in total. The van der Waals surface area contributed by atoms with Gasteiger partial charge >= 0.3 is 0 Å². The maximum Gasteiger partial charge on any atom is 0.183 e. The van der Waals surface area contributed by atoms with Crippen molar-refractivity contribution in [2.45, 2.75) is 44.7 Å². The standard InChI is InChI=1S/C14H21N3S/c15-6-12-7-18-14(16-12)17-13-10-2-8-1-9(4-10)5-11(13)3-8/h7-11,13H,1-6,15H2,(H,16,17). The normalized spacial score (nSPS) is 41.3. The molecule has 0 saturated heterocycles. The quantitative estimate of drug-likeness (QED) is 0.881. The Morgan fingerprint density at radius 1 is 1.17 bits per heavy atom. The highest BCUT2D eigenvalue weighted by Crippen LogP contribution is 2.54. The summed E-state index contributed by atoms with van der Waals surface area (Å²) in [6.07, 6.45) is 7.35. The van der Waals surface area contributed by atoms with Crippen molar-refractivity contribution in [1.82, 2.24) is 4.98 Å². The first-order chi connectivity index (χ1) is 8.81. The van der Waals surface area contributed by atoms with Gasteiger partial charge in [-0.3, -0.25) is 0 Å². The molecule has 4 aliphatic carbocycles. The van der Waals surface area contributed by atoms with Crippen LogP contribution in [-0.2, 0) is 6.54 Å². The summed E-state index contributed by atoms with van der Waals surface area (Å²) >= 11 is 1.72. The number of nitrogens with zero attached hydrogens (tertiary/aromatic N) is 1. The summed E-state index contributed by atoms with van der Waals surface area (Å²) in [7, 11) is 0. The van der Waals surface area contributed by atoms with Crippen LogP contribution in [0.2, 0.25) is 0 Å². The van der Waals surface area contributed by atoms with Crippen LogP contribution in [0.3, 0.4) is 0 Å². The van der Waals surface area contributed by atoms with E-state index in [0.717, 1.165) is 34.5 Å². The number of hydrogen-bond donors (Lipinski definition) is 2. The van der Waals surface area contributed by atoms with Crippen molar-refractivity contribution in [3.8, 4) is 0 Å². The minimum absolute atomic E-state index is 0.555. The zero-order chi connectivity index (χ0) is 12.1. The summed E-state index contributed by atoms with van der Waals surface area (Å²) in [6.45, 7) is 0.555. The number of anilines is 1. The molecule has 18 heavy (non-hydrogen) atoms. The van der Waals surface area contributed by atoms with Crippen molar-refractivity contribution in [3.63, 3.8) is 0 Å². The van der Waals surface area contributed by atoms with E-state index in [1.54, 1.807) is 11.3 Å². The summed E-state index contributed by atoms with van der Waals surface area (Å²) in [4.78, 5) is 4.56. The van der Waals surface area contributed by atoms with Gasteiger partial charge in [0.2, 0.25) is 0 Å². The zero-order valence-electron chi connectivity index (χ0n) is 10.6. The molecular weight excluding hydrogens is 242 g/mol. The molecule has 0 unspecified atom stereocenters. The Morgan fingerprint density at radius 2 is 1.83 bits per heavy atom. The summed E-state index contributed by atoms with van der Waals surface area (Å²) in [5.74, 6) is 3.90. The molecule has 98 valence electrons. The maximum absolute atomic E-state index is 5.63. The molecule has 1 heterocycles. The lowest BCUT2D eigenvalue weighted by Gasteiger charge is -2.54. The molecule has 0 radical (unpaired) electrons. The molecule has 4 fully saturated rings. The molecule has 3 nitrogen and oxygen atoms in total. The highest BCUT2D eigenvalue weighted by atomic mass is 32.1. The third-order valence-corrected chi connectivity index (χ3v) is 6.10. The van der Waals surface area contributed by atoms with Crippen LogP contribution in [0.5, 0.6) is 0 Å². The SMILES string of the molecule is NCc1csc(NC2C3CC4CC(C3)CC2C4)n1. The van der Waals surface area contributed by atoms with E-state index in [1.807, 2.05) is 0 Å². The predicted molar refractivity (Wildman–Crippen MR) is 74.5 cm³/mol. The minimum Gasteiger partial charge on any atom is -0.358 e. The van der Waals surface area contributed by atoms with Crippen molar-refractivity contribution in [3.05, 3.63) is 11.1 Å². The van der Waals surface area contributed by atoms with Gasteiger partial charge in [0.1, 0.15) is 0 Å². The highest BCUT2D eigenvalue weighted by Gasteiger charge is 2.48. The van der Waals surface area contributed by atoms with Crippen molar-refractivity contribution in [1.29, 1.82) is 0 Å². The van der Waals surface area contributed by atoms with E-state index in [0.29, 0.717) is 12.6 Å². The number of rotatable bonds is 3. The van der Waals surface area contributed by atoms with E-state index in [1.165, 1.54) is 32.1 Å². The molecule has 0 atom stereocenters. The molecule has 1 aromatic rings. The second kappa shape index (κ2) is 4.20. The average Bonchev–Trinajstić information content (AvgIpc) is 2.80. The third kappa shape index (κ3) is 1.77.